The van der Waals surface area contributed by atoms with Gasteiger partial charge < -0.3 is 33.8 Å². The number of phosphoric acid groups is 2. The second-order valence-electron chi connectivity index (χ2n) is 30.7. The molecular formula is C80H156O17P2. The van der Waals surface area contributed by atoms with E-state index in [1.54, 1.807) is 0 Å². The minimum Gasteiger partial charge on any atom is -0.462 e. The van der Waals surface area contributed by atoms with Crippen molar-refractivity contribution in [2.24, 2.45) is 23.7 Å². The molecule has 0 spiro atoms. The Labute approximate surface area is 607 Å². The van der Waals surface area contributed by atoms with E-state index >= 15 is 0 Å². The Morgan fingerprint density at radius 3 is 0.626 bits per heavy atom. The lowest BCUT2D eigenvalue weighted by molar-refractivity contribution is -0.161. The zero-order valence-electron chi connectivity index (χ0n) is 65.1. The highest BCUT2D eigenvalue weighted by molar-refractivity contribution is 7.47. The zero-order chi connectivity index (χ0) is 73.1. The van der Waals surface area contributed by atoms with Gasteiger partial charge in [0.2, 0.25) is 0 Å². The first-order valence-electron chi connectivity index (χ1n) is 41.2. The van der Waals surface area contributed by atoms with Gasteiger partial charge in [-0.15, -0.1) is 0 Å². The predicted molar refractivity (Wildman–Crippen MR) is 404 cm³/mol. The summed E-state index contributed by atoms with van der Waals surface area (Å²) in [6.07, 6.45) is 55.6. The molecule has 0 saturated heterocycles. The fourth-order valence-corrected chi connectivity index (χ4v) is 13.8. The quantitative estimate of drug-likeness (QED) is 0.0222. The van der Waals surface area contributed by atoms with E-state index in [4.69, 9.17) is 37.0 Å². The summed E-state index contributed by atoms with van der Waals surface area (Å²) in [6, 6.07) is 0. The molecule has 0 aromatic carbocycles. The minimum absolute atomic E-state index is 0.107. The Hall–Kier alpha value is -1.94. The van der Waals surface area contributed by atoms with Gasteiger partial charge in [0, 0.05) is 25.7 Å². The SMILES string of the molecule is CC(C)CCCCCCCCCCCCCCCCCCC(=O)O[C@H](COC(=O)CCCCCCCCCC(C)C)COP(=O)(O)OCC(O)COP(=O)(O)OC[C@@H](COC(=O)CCCCCCCCCCCC(C)C)OC(=O)CCCCCCCCCCCCCCCCCC(C)C. The Morgan fingerprint density at radius 2 is 0.424 bits per heavy atom. The topological polar surface area (TPSA) is 237 Å². The van der Waals surface area contributed by atoms with Gasteiger partial charge in [-0.3, -0.25) is 37.3 Å². The van der Waals surface area contributed by atoms with Gasteiger partial charge in [0.15, 0.2) is 12.2 Å². The van der Waals surface area contributed by atoms with Crippen molar-refractivity contribution in [3.8, 4) is 0 Å². The average molecular weight is 1450 g/mol. The maximum Gasteiger partial charge on any atom is 0.472 e. The molecule has 0 aliphatic heterocycles. The number of rotatable bonds is 77. The molecule has 0 rings (SSSR count). The van der Waals surface area contributed by atoms with E-state index in [1.807, 2.05) is 0 Å². The Morgan fingerprint density at radius 1 is 0.253 bits per heavy atom. The van der Waals surface area contributed by atoms with Crippen molar-refractivity contribution in [1.82, 2.24) is 0 Å². The lowest BCUT2D eigenvalue weighted by atomic mass is 10.0. The van der Waals surface area contributed by atoms with Gasteiger partial charge in [-0.1, -0.05) is 357 Å². The standard InChI is InChI=1S/C80H156O17P2/c1-70(2)56-48-40-32-25-20-16-12-9-10-14-18-22-28-37-46-54-63-80(85)97-76(67-91-78(83)61-53-45-39-31-35-43-51-59-73(7)8)69-95-99(88,89)93-65-74(81)64-92-98(86,87)94-68-75(66-90-77(82)60-52-44-36-30-24-27-34-42-50-58-72(5)6)96-79(84)62-55-47-38-29-23-19-15-11-13-17-21-26-33-41-49-57-71(3)4/h70-76,81H,9-69H2,1-8H3,(H,86,87)(H,88,89)/t74?,75-,76-/m1/s1. The molecule has 0 heterocycles. The lowest BCUT2D eigenvalue weighted by Crippen LogP contribution is -2.30. The maximum atomic E-state index is 13.1. The first-order valence-corrected chi connectivity index (χ1v) is 44.2. The van der Waals surface area contributed by atoms with E-state index in [0.29, 0.717) is 31.6 Å². The molecule has 3 unspecified atom stereocenters. The van der Waals surface area contributed by atoms with Gasteiger partial charge in [0.05, 0.1) is 26.4 Å². The molecule has 0 amide bonds. The van der Waals surface area contributed by atoms with Gasteiger partial charge in [-0.25, -0.2) is 9.13 Å². The molecule has 0 aliphatic rings. The molecule has 0 fully saturated rings. The van der Waals surface area contributed by atoms with Crippen LogP contribution in [0.1, 0.15) is 409 Å². The predicted octanol–water partition coefficient (Wildman–Crippen LogP) is 23.6. The molecule has 19 heteroatoms. The third-order valence-corrected chi connectivity index (χ3v) is 20.5. The van der Waals surface area contributed by atoms with Gasteiger partial charge >= 0.3 is 39.5 Å². The van der Waals surface area contributed by atoms with Crippen molar-refractivity contribution in [3.05, 3.63) is 0 Å². The number of hydrogen-bond acceptors (Lipinski definition) is 15. The minimum atomic E-state index is -4.96. The van der Waals surface area contributed by atoms with Crippen molar-refractivity contribution in [2.45, 2.75) is 427 Å². The summed E-state index contributed by atoms with van der Waals surface area (Å²) in [7, 11) is -9.92. The Balaban J connectivity index is 5.21. The number of phosphoric ester groups is 2. The van der Waals surface area contributed by atoms with Crippen LogP contribution in [0.3, 0.4) is 0 Å². The molecule has 588 valence electrons. The van der Waals surface area contributed by atoms with Crippen molar-refractivity contribution in [3.63, 3.8) is 0 Å². The van der Waals surface area contributed by atoms with Gasteiger partial charge in [-0.05, 0) is 49.4 Å². The summed E-state index contributed by atoms with van der Waals surface area (Å²) < 4.78 is 68.7. The van der Waals surface area contributed by atoms with Crippen LogP contribution in [-0.2, 0) is 65.4 Å². The summed E-state index contributed by atoms with van der Waals surface area (Å²) in [5, 5.41) is 10.6. The maximum absolute atomic E-state index is 13.1. The summed E-state index contributed by atoms with van der Waals surface area (Å²) in [5.74, 6) is 0.944. The van der Waals surface area contributed by atoms with Crippen LogP contribution in [0, 0.1) is 23.7 Å². The molecular weight excluding hydrogens is 1290 g/mol. The number of esters is 4. The molecule has 5 atom stereocenters. The lowest BCUT2D eigenvalue weighted by Gasteiger charge is -2.21. The van der Waals surface area contributed by atoms with Crippen LogP contribution >= 0.6 is 15.6 Å². The molecule has 0 saturated carbocycles. The highest BCUT2D eigenvalue weighted by atomic mass is 31.2. The van der Waals surface area contributed by atoms with Gasteiger partial charge in [-0.2, -0.15) is 0 Å². The van der Waals surface area contributed by atoms with Crippen molar-refractivity contribution >= 4 is 39.5 Å². The van der Waals surface area contributed by atoms with Gasteiger partial charge in [0.1, 0.15) is 19.3 Å². The first-order chi connectivity index (χ1) is 47.6. The smallest absolute Gasteiger partial charge is 0.462 e. The molecule has 0 radical (unpaired) electrons. The summed E-state index contributed by atoms with van der Waals surface area (Å²) >= 11 is 0. The second kappa shape index (κ2) is 69.1. The number of carbonyl (C=O) groups is 4. The summed E-state index contributed by atoms with van der Waals surface area (Å²) in [6.45, 7) is 14.2. The van der Waals surface area contributed by atoms with Crippen molar-refractivity contribution in [1.29, 1.82) is 0 Å². The summed E-state index contributed by atoms with van der Waals surface area (Å²) in [4.78, 5) is 73.0. The van der Waals surface area contributed by atoms with Gasteiger partial charge in [0.25, 0.3) is 0 Å². The number of carbonyl (C=O) groups excluding carboxylic acids is 4. The average Bonchev–Trinajstić information content (AvgIpc) is 1.07. The highest BCUT2D eigenvalue weighted by Crippen LogP contribution is 2.45. The van der Waals surface area contributed by atoms with Crippen molar-refractivity contribution < 1.29 is 80.2 Å². The third kappa shape index (κ3) is 74.1. The van der Waals surface area contributed by atoms with Crippen LogP contribution in [0.25, 0.3) is 0 Å². The van der Waals surface area contributed by atoms with E-state index in [2.05, 4.69) is 55.4 Å². The second-order valence-corrected chi connectivity index (χ2v) is 33.6. The third-order valence-electron chi connectivity index (χ3n) is 18.6. The van der Waals surface area contributed by atoms with Crippen LogP contribution in [0.5, 0.6) is 0 Å². The molecule has 17 nitrogen and oxygen atoms in total. The largest absolute Gasteiger partial charge is 0.472 e. The van der Waals surface area contributed by atoms with Crippen LogP contribution in [0.4, 0.5) is 0 Å². The molecule has 0 bridgehead atoms. The number of hydrogen-bond donors (Lipinski definition) is 3. The first kappa shape index (κ1) is 97.1. The number of ether oxygens (including phenoxy) is 4. The van der Waals surface area contributed by atoms with Crippen LogP contribution in [-0.4, -0.2) is 96.7 Å². The molecule has 0 aromatic heterocycles. The van der Waals surface area contributed by atoms with E-state index < -0.39 is 97.5 Å². The fraction of sp³-hybridized carbons (Fsp3) is 0.950. The van der Waals surface area contributed by atoms with E-state index in [9.17, 15) is 43.2 Å². The monoisotopic (exact) mass is 1450 g/mol. The molecule has 99 heavy (non-hydrogen) atoms. The Bertz CT molecular complexity index is 1940. The van der Waals surface area contributed by atoms with E-state index in [-0.39, 0.29) is 25.7 Å². The Kier molecular flexibility index (Phi) is 67.8. The summed E-state index contributed by atoms with van der Waals surface area (Å²) in [5.41, 5.74) is 0. The zero-order valence-corrected chi connectivity index (χ0v) is 66.9. The molecule has 3 N–H and O–H groups in total. The van der Waals surface area contributed by atoms with E-state index in [1.165, 1.54) is 205 Å². The van der Waals surface area contributed by atoms with Crippen LogP contribution in [0.2, 0.25) is 0 Å². The molecule has 0 aliphatic carbocycles. The molecule has 0 aromatic rings. The van der Waals surface area contributed by atoms with E-state index in [0.717, 1.165) is 114 Å². The van der Waals surface area contributed by atoms with Crippen LogP contribution < -0.4 is 0 Å². The number of unbranched alkanes of at least 4 members (excludes halogenated alkanes) is 43. The van der Waals surface area contributed by atoms with Crippen molar-refractivity contribution in [2.75, 3.05) is 39.6 Å². The fourth-order valence-electron chi connectivity index (χ4n) is 12.3. The number of aliphatic hydroxyl groups is 1. The van der Waals surface area contributed by atoms with Crippen LogP contribution in [0.15, 0.2) is 0 Å². The normalized spacial score (nSPS) is 14.1. The number of aliphatic hydroxyl groups excluding tert-OH is 1. The highest BCUT2D eigenvalue weighted by Gasteiger charge is 2.30.